The molecule has 4 nitrogen and oxygen atoms in total. The number of quaternary nitrogens is 1. The topological polar surface area (TPSA) is 34.0 Å². The molecule has 1 heterocycles. The van der Waals surface area contributed by atoms with E-state index in [9.17, 15) is 4.79 Å². The Morgan fingerprint density at radius 2 is 1.78 bits per heavy atom. The van der Waals surface area contributed by atoms with Gasteiger partial charge in [0.1, 0.15) is 5.75 Å². The number of nitrogens with one attached hydrogen (secondary N) is 1. The van der Waals surface area contributed by atoms with Crippen molar-refractivity contribution in [2.24, 2.45) is 0 Å². The van der Waals surface area contributed by atoms with Crippen molar-refractivity contribution in [3.8, 4) is 5.75 Å². The minimum absolute atomic E-state index is 0.107. The fourth-order valence-corrected chi connectivity index (χ4v) is 3.99. The molecule has 0 unspecified atom stereocenters. The van der Waals surface area contributed by atoms with Gasteiger partial charge in [0.2, 0.25) is 0 Å². The van der Waals surface area contributed by atoms with Gasteiger partial charge in [0.25, 0.3) is 5.91 Å². The molecule has 1 aromatic carbocycles. The van der Waals surface area contributed by atoms with E-state index in [1.807, 2.05) is 29.2 Å². The number of carbonyl (C=O) groups excluding carboxylic acids is 1. The molecule has 0 atom stereocenters. The zero-order valence-electron chi connectivity index (χ0n) is 13.6. The van der Waals surface area contributed by atoms with E-state index in [-0.39, 0.29) is 12.5 Å². The number of benzene rings is 1. The van der Waals surface area contributed by atoms with Crippen LogP contribution in [-0.2, 0) is 4.79 Å². The molecular formula is C18H26BrN2O2+. The Morgan fingerprint density at radius 1 is 1.13 bits per heavy atom. The molecule has 5 heteroatoms. The third kappa shape index (κ3) is 4.70. The van der Waals surface area contributed by atoms with Crippen LogP contribution in [0.3, 0.4) is 0 Å². The number of halogens is 1. The predicted molar refractivity (Wildman–Crippen MR) is 93.8 cm³/mol. The maximum absolute atomic E-state index is 12.3. The molecule has 2 fully saturated rings. The zero-order chi connectivity index (χ0) is 16.1. The number of piperazine rings is 1. The average Bonchev–Trinajstić information content (AvgIpc) is 2.62. The highest BCUT2D eigenvalue weighted by Gasteiger charge is 2.30. The molecule has 0 bridgehead atoms. The summed E-state index contributed by atoms with van der Waals surface area (Å²) in [6, 6.07) is 8.43. The summed E-state index contributed by atoms with van der Waals surface area (Å²) in [5.41, 5.74) is 0. The second kappa shape index (κ2) is 8.15. The molecular weight excluding hydrogens is 356 g/mol. The summed E-state index contributed by atoms with van der Waals surface area (Å²) < 4.78 is 6.61. The van der Waals surface area contributed by atoms with Gasteiger partial charge in [-0.2, -0.15) is 0 Å². The van der Waals surface area contributed by atoms with E-state index in [2.05, 4.69) is 15.9 Å². The summed E-state index contributed by atoms with van der Waals surface area (Å²) in [5, 5.41) is 0. The molecule has 1 N–H and O–H groups in total. The molecule has 1 saturated heterocycles. The molecule has 1 aliphatic heterocycles. The summed E-state index contributed by atoms with van der Waals surface area (Å²) >= 11 is 3.39. The Morgan fingerprint density at radius 3 is 2.43 bits per heavy atom. The van der Waals surface area contributed by atoms with Gasteiger partial charge < -0.3 is 14.5 Å². The standard InChI is InChI=1S/C18H25BrN2O2/c19-15-6-8-17(9-7-15)23-14-18(22)21-12-10-20(11-13-21)16-4-2-1-3-5-16/h6-9,16H,1-5,10-14H2/p+1. The molecule has 23 heavy (non-hydrogen) atoms. The first-order valence-corrected chi connectivity index (χ1v) is 9.52. The van der Waals surface area contributed by atoms with E-state index >= 15 is 0 Å². The second-order valence-corrected chi connectivity index (χ2v) is 7.53. The number of ether oxygens (including phenoxy) is 1. The first-order valence-electron chi connectivity index (χ1n) is 8.73. The summed E-state index contributed by atoms with van der Waals surface area (Å²) in [5.74, 6) is 0.851. The quantitative estimate of drug-likeness (QED) is 0.863. The third-order valence-electron chi connectivity index (χ3n) is 5.12. The van der Waals surface area contributed by atoms with Crippen molar-refractivity contribution in [3.63, 3.8) is 0 Å². The maximum atomic E-state index is 12.3. The van der Waals surface area contributed by atoms with E-state index in [4.69, 9.17) is 4.74 Å². The van der Waals surface area contributed by atoms with E-state index in [1.165, 1.54) is 32.1 Å². The molecule has 0 radical (unpaired) electrons. The smallest absolute Gasteiger partial charge is 0.260 e. The Bertz CT molecular complexity index is 506. The Kier molecular flexibility index (Phi) is 5.95. The van der Waals surface area contributed by atoms with E-state index in [0.29, 0.717) is 0 Å². The lowest BCUT2D eigenvalue weighted by molar-refractivity contribution is -0.930. The van der Waals surface area contributed by atoms with Gasteiger partial charge in [0.15, 0.2) is 6.61 Å². The molecule has 2 aliphatic rings. The van der Waals surface area contributed by atoms with Crippen LogP contribution in [0.5, 0.6) is 5.75 Å². The van der Waals surface area contributed by atoms with Crippen LogP contribution >= 0.6 is 15.9 Å². The largest absolute Gasteiger partial charge is 0.484 e. The van der Waals surface area contributed by atoms with Crippen LogP contribution in [0.25, 0.3) is 0 Å². The molecule has 126 valence electrons. The van der Waals surface area contributed by atoms with Crippen LogP contribution in [-0.4, -0.2) is 49.6 Å². The SMILES string of the molecule is O=C(COc1ccc(Br)cc1)N1CC[NH+](C2CCCCC2)CC1. The van der Waals surface area contributed by atoms with Gasteiger partial charge in [-0.3, -0.25) is 4.79 Å². The molecule has 1 saturated carbocycles. The van der Waals surface area contributed by atoms with Gasteiger partial charge in [-0.15, -0.1) is 0 Å². The van der Waals surface area contributed by atoms with Crippen molar-refractivity contribution in [1.82, 2.24) is 4.90 Å². The van der Waals surface area contributed by atoms with Crippen molar-refractivity contribution in [2.45, 2.75) is 38.1 Å². The first kappa shape index (κ1) is 16.8. The summed E-state index contributed by atoms with van der Waals surface area (Å²) in [6.45, 7) is 4.06. The summed E-state index contributed by atoms with van der Waals surface area (Å²) in [7, 11) is 0. The monoisotopic (exact) mass is 381 g/mol. The molecule has 1 aromatic rings. The lowest BCUT2D eigenvalue weighted by Crippen LogP contribution is -3.18. The fraction of sp³-hybridized carbons (Fsp3) is 0.611. The lowest BCUT2D eigenvalue weighted by Gasteiger charge is -2.38. The molecule has 0 aromatic heterocycles. The van der Waals surface area contributed by atoms with Crippen molar-refractivity contribution in [3.05, 3.63) is 28.7 Å². The van der Waals surface area contributed by atoms with E-state index in [0.717, 1.165) is 42.4 Å². The van der Waals surface area contributed by atoms with Crippen molar-refractivity contribution >= 4 is 21.8 Å². The van der Waals surface area contributed by atoms with Gasteiger partial charge in [-0.05, 0) is 49.9 Å². The number of carbonyl (C=O) groups is 1. The van der Waals surface area contributed by atoms with Crippen molar-refractivity contribution in [1.29, 1.82) is 0 Å². The zero-order valence-corrected chi connectivity index (χ0v) is 15.2. The molecule has 1 amide bonds. The van der Waals surface area contributed by atoms with Crippen molar-refractivity contribution < 1.29 is 14.4 Å². The fourth-order valence-electron chi connectivity index (χ4n) is 3.73. The highest BCUT2D eigenvalue weighted by Crippen LogP contribution is 2.17. The number of rotatable bonds is 4. The molecule has 1 aliphatic carbocycles. The Hall–Kier alpha value is -1.07. The average molecular weight is 382 g/mol. The summed E-state index contributed by atoms with van der Waals surface area (Å²) in [6.07, 6.45) is 6.92. The van der Waals surface area contributed by atoms with Gasteiger partial charge >= 0.3 is 0 Å². The second-order valence-electron chi connectivity index (χ2n) is 6.62. The van der Waals surface area contributed by atoms with Crippen molar-refractivity contribution in [2.75, 3.05) is 32.8 Å². The highest BCUT2D eigenvalue weighted by atomic mass is 79.9. The number of hydrogen-bond acceptors (Lipinski definition) is 2. The molecule has 0 spiro atoms. The summed E-state index contributed by atoms with van der Waals surface area (Å²) in [4.78, 5) is 16.0. The van der Waals surface area contributed by atoms with Gasteiger partial charge in [-0.25, -0.2) is 0 Å². The predicted octanol–water partition coefficient (Wildman–Crippen LogP) is 1.89. The van der Waals surface area contributed by atoms with E-state index in [1.54, 1.807) is 4.90 Å². The molecule has 3 rings (SSSR count). The normalized spacial score (nSPS) is 20.5. The van der Waals surface area contributed by atoms with Crippen LogP contribution in [0, 0.1) is 0 Å². The van der Waals surface area contributed by atoms with Gasteiger partial charge in [-0.1, -0.05) is 22.4 Å². The number of hydrogen-bond donors (Lipinski definition) is 1. The Balaban J connectivity index is 1.41. The minimum Gasteiger partial charge on any atom is -0.484 e. The number of nitrogens with zero attached hydrogens (tertiary/aromatic N) is 1. The van der Waals surface area contributed by atoms with Gasteiger partial charge in [0.05, 0.1) is 32.2 Å². The Labute approximate surface area is 146 Å². The first-order chi connectivity index (χ1) is 11.2. The minimum atomic E-state index is 0.107. The number of amides is 1. The maximum Gasteiger partial charge on any atom is 0.260 e. The van der Waals surface area contributed by atoms with Crippen LogP contribution in [0.15, 0.2) is 28.7 Å². The van der Waals surface area contributed by atoms with Crippen LogP contribution < -0.4 is 9.64 Å². The van der Waals surface area contributed by atoms with Gasteiger partial charge in [0, 0.05) is 4.47 Å². The highest BCUT2D eigenvalue weighted by molar-refractivity contribution is 9.10. The van der Waals surface area contributed by atoms with Crippen LogP contribution in [0.1, 0.15) is 32.1 Å². The third-order valence-corrected chi connectivity index (χ3v) is 5.65. The van der Waals surface area contributed by atoms with Crippen LogP contribution in [0.4, 0.5) is 0 Å². The van der Waals surface area contributed by atoms with E-state index < -0.39 is 0 Å². The lowest BCUT2D eigenvalue weighted by atomic mass is 9.94. The van der Waals surface area contributed by atoms with Crippen LogP contribution in [0.2, 0.25) is 0 Å².